The summed E-state index contributed by atoms with van der Waals surface area (Å²) < 4.78 is 26.3. The minimum absolute atomic E-state index is 0.230. The molecule has 0 saturated carbocycles. The zero-order valence-electron chi connectivity index (χ0n) is 13.3. The Kier molecular flexibility index (Phi) is 4.76. The molecule has 0 unspecified atom stereocenters. The molecule has 1 aliphatic heterocycles. The largest absolute Gasteiger partial charge is 0.341 e. The van der Waals surface area contributed by atoms with Gasteiger partial charge in [-0.1, -0.05) is 6.92 Å². The predicted octanol–water partition coefficient (Wildman–Crippen LogP) is 3.88. The highest BCUT2D eigenvalue weighted by Crippen LogP contribution is 2.23. The van der Waals surface area contributed by atoms with Gasteiger partial charge in [0.05, 0.1) is 20.0 Å². The zero-order chi connectivity index (χ0) is 16.2. The van der Waals surface area contributed by atoms with Gasteiger partial charge in [-0.05, 0) is 55.0 Å². The predicted molar refractivity (Wildman–Crippen MR) is 89.4 cm³/mol. The Labute approximate surface area is 135 Å². The van der Waals surface area contributed by atoms with Crippen molar-refractivity contribution in [2.24, 2.45) is 0 Å². The van der Waals surface area contributed by atoms with Crippen LogP contribution in [0.2, 0.25) is 0 Å². The van der Waals surface area contributed by atoms with Gasteiger partial charge in [-0.25, -0.2) is 8.78 Å². The first kappa shape index (κ1) is 15.7. The number of hydrogen-bond donors (Lipinski definition) is 0. The van der Waals surface area contributed by atoms with E-state index in [1.807, 2.05) is 0 Å². The second kappa shape index (κ2) is 6.96. The van der Waals surface area contributed by atoms with Crippen LogP contribution in [0.5, 0.6) is 0 Å². The van der Waals surface area contributed by atoms with Crippen LogP contribution >= 0.6 is 0 Å². The second-order valence-corrected chi connectivity index (χ2v) is 5.85. The summed E-state index contributed by atoms with van der Waals surface area (Å²) in [5.74, 6) is -0.460. The number of rotatable bonds is 4. The van der Waals surface area contributed by atoms with E-state index in [9.17, 15) is 8.78 Å². The summed E-state index contributed by atoms with van der Waals surface area (Å²) in [6.07, 6.45) is 1.06. The van der Waals surface area contributed by atoms with Crippen molar-refractivity contribution in [1.29, 1.82) is 0 Å². The molecule has 2 aromatic rings. The van der Waals surface area contributed by atoms with Gasteiger partial charge in [-0.15, -0.1) is 0 Å². The van der Waals surface area contributed by atoms with Crippen molar-refractivity contribution in [3.8, 4) is 0 Å². The van der Waals surface area contributed by atoms with E-state index in [2.05, 4.69) is 21.6 Å². The third-order valence-electron chi connectivity index (χ3n) is 4.01. The molecule has 1 saturated heterocycles. The monoisotopic (exact) mass is 317 g/mol. The SMILES string of the molecule is CCCN1CN(c2ccc(F)cc2)CN(c2ccc(F)cc2)C1. The van der Waals surface area contributed by atoms with Crippen molar-refractivity contribution >= 4 is 11.4 Å². The van der Waals surface area contributed by atoms with Crippen LogP contribution in [0.15, 0.2) is 48.5 Å². The highest BCUT2D eigenvalue weighted by molar-refractivity contribution is 5.52. The van der Waals surface area contributed by atoms with Gasteiger partial charge in [0.2, 0.25) is 0 Å². The first-order chi connectivity index (χ1) is 11.2. The van der Waals surface area contributed by atoms with Gasteiger partial charge in [0.25, 0.3) is 0 Å². The van der Waals surface area contributed by atoms with Crippen molar-refractivity contribution in [3.05, 3.63) is 60.2 Å². The minimum atomic E-state index is -0.230. The quantitative estimate of drug-likeness (QED) is 0.847. The van der Waals surface area contributed by atoms with Crippen molar-refractivity contribution in [2.45, 2.75) is 13.3 Å². The number of benzene rings is 2. The van der Waals surface area contributed by atoms with Crippen LogP contribution in [0.1, 0.15) is 13.3 Å². The molecular formula is C18H21F2N3. The lowest BCUT2D eigenvalue weighted by atomic mass is 10.2. The lowest BCUT2D eigenvalue weighted by Crippen LogP contribution is -2.55. The number of anilines is 2. The maximum Gasteiger partial charge on any atom is 0.123 e. The Morgan fingerprint density at radius 2 is 1.17 bits per heavy atom. The van der Waals surface area contributed by atoms with Crippen LogP contribution in [0.25, 0.3) is 0 Å². The lowest BCUT2D eigenvalue weighted by molar-refractivity contribution is 0.242. The molecule has 2 aromatic carbocycles. The fourth-order valence-corrected chi connectivity index (χ4v) is 2.91. The van der Waals surface area contributed by atoms with Crippen molar-refractivity contribution in [3.63, 3.8) is 0 Å². The first-order valence-electron chi connectivity index (χ1n) is 7.89. The van der Waals surface area contributed by atoms with E-state index in [4.69, 9.17) is 0 Å². The fourth-order valence-electron chi connectivity index (χ4n) is 2.91. The van der Waals surface area contributed by atoms with E-state index >= 15 is 0 Å². The van der Waals surface area contributed by atoms with Crippen molar-refractivity contribution in [2.75, 3.05) is 36.4 Å². The topological polar surface area (TPSA) is 9.72 Å². The first-order valence-corrected chi connectivity index (χ1v) is 7.89. The molecule has 1 fully saturated rings. The fraction of sp³-hybridized carbons (Fsp3) is 0.333. The molecule has 0 N–H and O–H groups in total. The van der Waals surface area contributed by atoms with Crippen LogP contribution in [-0.4, -0.2) is 31.5 Å². The Bertz CT molecular complexity index is 574. The maximum absolute atomic E-state index is 13.2. The van der Waals surface area contributed by atoms with Gasteiger partial charge < -0.3 is 9.80 Å². The highest BCUT2D eigenvalue weighted by atomic mass is 19.1. The molecule has 0 spiro atoms. The Morgan fingerprint density at radius 1 is 0.739 bits per heavy atom. The van der Waals surface area contributed by atoms with Gasteiger partial charge in [-0.2, -0.15) is 0 Å². The summed E-state index contributed by atoms with van der Waals surface area (Å²) >= 11 is 0. The van der Waals surface area contributed by atoms with Crippen LogP contribution in [-0.2, 0) is 0 Å². The van der Waals surface area contributed by atoms with Crippen LogP contribution in [0, 0.1) is 11.6 Å². The van der Waals surface area contributed by atoms with E-state index < -0.39 is 0 Å². The third-order valence-corrected chi connectivity index (χ3v) is 4.01. The van der Waals surface area contributed by atoms with E-state index in [0.29, 0.717) is 6.67 Å². The van der Waals surface area contributed by atoms with Gasteiger partial charge in [-0.3, -0.25) is 4.90 Å². The molecule has 0 aliphatic carbocycles. The van der Waals surface area contributed by atoms with Crippen LogP contribution in [0.4, 0.5) is 20.2 Å². The molecule has 0 atom stereocenters. The zero-order valence-corrected chi connectivity index (χ0v) is 13.3. The molecular weight excluding hydrogens is 296 g/mol. The smallest absolute Gasteiger partial charge is 0.123 e. The van der Waals surface area contributed by atoms with E-state index in [0.717, 1.165) is 37.7 Å². The van der Waals surface area contributed by atoms with Gasteiger partial charge in [0.15, 0.2) is 0 Å². The van der Waals surface area contributed by atoms with Crippen LogP contribution < -0.4 is 9.80 Å². The standard InChI is InChI=1S/C18H21F2N3/c1-2-11-21-12-22(17-7-3-15(19)4-8-17)14-23(13-21)18-9-5-16(20)6-10-18/h3-10H,2,11-14H2,1H3. The summed E-state index contributed by atoms with van der Waals surface area (Å²) in [6, 6.07) is 13.1. The van der Waals surface area contributed by atoms with Gasteiger partial charge in [0.1, 0.15) is 11.6 Å². The molecule has 0 radical (unpaired) electrons. The van der Waals surface area contributed by atoms with Gasteiger partial charge >= 0.3 is 0 Å². The Hall–Kier alpha value is -2.14. The Morgan fingerprint density at radius 3 is 1.57 bits per heavy atom. The summed E-state index contributed by atoms with van der Waals surface area (Å²) in [5, 5.41) is 0. The summed E-state index contributed by atoms with van der Waals surface area (Å²) in [6.45, 7) is 5.43. The average molecular weight is 317 g/mol. The normalized spacial score (nSPS) is 16.0. The highest BCUT2D eigenvalue weighted by Gasteiger charge is 2.23. The van der Waals surface area contributed by atoms with Crippen LogP contribution in [0.3, 0.4) is 0 Å². The molecule has 122 valence electrons. The average Bonchev–Trinajstić information content (AvgIpc) is 2.56. The number of hydrogen-bond acceptors (Lipinski definition) is 3. The van der Waals surface area contributed by atoms with E-state index in [1.165, 1.54) is 24.3 Å². The molecule has 5 heteroatoms. The molecule has 0 bridgehead atoms. The maximum atomic E-state index is 13.2. The van der Waals surface area contributed by atoms with Crippen molar-refractivity contribution < 1.29 is 8.78 Å². The number of nitrogens with zero attached hydrogens (tertiary/aromatic N) is 3. The Balaban J connectivity index is 1.82. The molecule has 3 rings (SSSR count). The van der Waals surface area contributed by atoms with E-state index in [-0.39, 0.29) is 11.6 Å². The lowest BCUT2D eigenvalue weighted by Gasteiger charge is -2.44. The minimum Gasteiger partial charge on any atom is -0.341 e. The molecule has 1 aliphatic rings. The third kappa shape index (κ3) is 3.79. The van der Waals surface area contributed by atoms with Crippen molar-refractivity contribution in [1.82, 2.24) is 4.90 Å². The molecule has 1 heterocycles. The molecule has 0 amide bonds. The number of halogens is 2. The molecule has 0 aromatic heterocycles. The molecule has 23 heavy (non-hydrogen) atoms. The summed E-state index contributed by atoms with van der Waals surface area (Å²) in [4.78, 5) is 6.72. The summed E-state index contributed by atoms with van der Waals surface area (Å²) in [5.41, 5.74) is 1.97. The molecule has 3 nitrogen and oxygen atoms in total. The second-order valence-electron chi connectivity index (χ2n) is 5.85. The van der Waals surface area contributed by atoms with E-state index in [1.54, 1.807) is 24.3 Å². The van der Waals surface area contributed by atoms with Gasteiger partial charge in [0, 0.05) is 17.9 Å². The summed E-state index contributed by atoms with van der Waals surface area (Å²) in [7, 11) is 0.